The molecular formula is C46H32N4O2. The highest BCUT2D eigenvalue weighted by Gasteiger charge is 2.29. The van der Waals surface area contributed by atoms with Crippen LogP contribution < -0.4 is 0 Å². The lowest BCUT2D eigenvalue weighted by Crippen LogP contribution is -2.21. The van der Waals surface area contributed by atoms with E-state index >= 15 is 0 Å². The summed E-state index contributed by atoms with van der Waals surface area (Å²) in [6, 6.07) is 39.3. The Balaban J connectivity index is 1.49. The van der Waals surface area contributed by atoms with E-state index < -0.39 is 11.6 Å². The fourth-order valence-corrected chi connectivity index (χ4v) is 7.34. The number of carbonyl (C=O) groups is 2. The Morgan fingerprint density at radius 2 is 0.788 bits per heavy atom. The molecule has 3 aliphatic rings. The molecule has 1 aliphatic carbocycles. The van der Waals surface area contributed by atoms with Crippen molar-refractivity contribution in [3.63, 3.8) is 0 Å². The van der Waals surface area contributed by atoms with Gasteiger partial charge >= 0.3 is 0 Å². The highest BCUT2D eigenvalue weighted by atomic mass is 16.2. The summed E-state index contributed by atoms with van der Waals surface area (Å²) in [5.74, 6) is -0.997. The molecule has 52 heavy (non-hydrogen) atoms. The van der Waals surface area contributed by atoms with Gasteiger partial charge in [-0.2, -0.15) is 0 Å². The van der Waals surface area contributed by atoms with Crippen LogP contribution in [0.1, 0.15) is 42.2 Å². The number of fused-ring (bicyclic) bond motifs is 8. The molecule has 8 bridgehead atoms. The number of allylic oxidation sites excluding steroid dienone is 4. The fraction of sp³-hybridized carbons (Fsp3) is 0.0435. The van der Waals surface area contributed by atoms with Gasteiger partial charge in [0.25, 0.3) is 0 Å². The average Bonchev–Trinajstić information content (AvgIpc) is 4.02. The van der Waals surface area contributed by atoms with Crippen LogP contribution in [0.5, 0.6) is 0 Å². The number of benzene rings is 3. The van der Waals surface area contributed by atoms with Gasteiger partial charge in [0.15, 0.2) is 0 Å². The SMILES string of the molecule is CC1=CC(c2c3nc(c(-c4ccccc4)c4ccc([nH]4)c(-c4ccccc4)c4ccc([nH]4)c(-c4ccccc4)c4nc2C=C4)C=C3)=C(C)C(=O)C1=O. The first-order valence-corrected chi connectivity index (χ1v) is 17.3. The molecule has 0 fully saturated rings. The third-order valence-corrected chi connectivity index (χ3v) is 9.88. The quantitative estimate of drug-likeness (QED) is 0.144. The van der Waals surface area contributed by atoms with Crippen LogP contribution in [0.4, 0.5) is 0 Å². The van der Waals surface area contributed by atoms with Crippen molar-refractivity contribution in [3.05, 3.63) is 161 Å². The molecule has 6 nitrogen and oxygen atoms in total. The summed E-state index contributed by atoms with van der Waals surface area (Å²) in [7, 11) is 0. The molecule has 3 aromatic heterocycles. The number of Topliss-reactive ketones (excluding diaryl/α,β-unsaturated/α-hetero) is 2. The summed E-state index contributed by atoms with van der Waals surface area (Å²) < 4.78 is 0. The molecular weight excluding hydrogens is 641 g/mol. The maximum Gasteiger partial charge on any atom is 0.229 e. The number of carbonyl (C=O) groups excluding carboxylic acids is 2. The summed E-state index contributed by atoms with van der Waals surface area (Å²) in [5, 5.41) is 0. The van der Waals surface area contributed by atoms with Crippen LogP contribution in [0.25, 0.3) is 85.3 Å². The predicted molar refractivity (Wildman–Crippen MR) is 212 cm³/mol. The molecule has 6 aromatic rings. The highest BCUT2D eigenvalue weighted by Crippen LogP contribution is 2.39. The van der Waals surface area contributed by atoms with Crippen LogP contribution in [0.15, 0.2) is 132 Å². The Morgan fingerprint density at radius 3 is 1.21 bits per heavy atom. The molecule has 9 rings (SSSR count). The van der Waals surface area contributed by atoms with E-state index in [1.54, 1.807) is 19.9 Å². The number of aromatic amines is 2. The Kier molecular flexibility index (Phi) is 7.44. The van der Waals surface area contributed by atoms with Gasteiger partial charge in [-0.15, -0.1) is 0 Å². The molecule has 6 heteroatoms. The number of nitrogens with one attached hydrogen (secondary N) is 2. The average molecular weight is 673 g/mol. The first-order valence-electron chi connectivity index (χ1n) is 17.3. The van der Waals surface area contributed by atoms with Gasteiger partial charge in [0.2, 0.25) is 11.6 Å². The summed E-state index contributed by atoms with van der Waals surface area (Å²) >= 11 is 0. The lowest BCUT2D eigenvalue weighted by molar-refractivity contribution is -0.132. The Labute approximate surface area is 300 Å². The van der Waals surface area contributed by atoms with Crippen LogP contribution in [0.3, 0.4) is 0 Å². The van der Waals surface area contributed by atoms with E-state index in [0.29, 0.717) is 33.7 Å². The van der Waals surface area contributed by atoms with E-state index in [1.807, 2.05) is 66.8 Å². The number of rotatable bonds is 4. The number of H-pyrrole nitrogens is 2. The summed E-state index contributed by atoms with van der Waals surface area (Å²) in [6.07, 6.45) is 9.79. The van der Waals surface area contributed by atoms with Crippen LogP contribution >= 0.6 is 0 Å². The minimum Gasteiger partial charge on any atom is -0.354 e. The number of aromatic nitrogens is 4. The van der Waals surface area contributed by atoms with Gasteiger partial charge in [0.1, 0.15) is 0 Å². The minimum atomic E-state index is -0.510. The van der Waals surface area contributed by atoms with E-state index in [9.17, 15) is 9.59 Å². The number of nitrogens with zero attached hydrogens (tertiary/aromatic N) is 2. The Morgan fingerprint density at radius 1 is 0.423 bits per heavy atom. The van der Waals surface area contributed by atoms with E-state index in [2.05, 4.69) is 82.8 Å². The Bertz CT molecular complexity index is 2620. The van der Waals surface area contributed by atoms with Gasteiger partial charge in [-0.3, -0.25) is 9.59 Å². The zero-order valence-corrected chi connectivity index (χ0v) is 28.6. The molecule has 0 saturated carbocycles. The second-order valence-corrected chi connectivity index (χ2v) is 13.1. The van der Waals surface area contributed by atoms with Gasteiger partial charge in [-0.1, -0.05) is 91.0 Å². The van der Waals surface area contributed by atoms with Crippen molar-refractivity contribution in [2.24, 2.45) is 0 Å². The first kappa shape index (κ1) is 31.1. The van der Waals surface area contributed by atoms with Crippen LogP contribution in [-0.4, -0.2) is 31.5 Å². The van der Waals surface area contributed by atoms with Crippen LogP contribution in [-0.2, 0) is 9.59 Å². The molecule has 248 valence electrons. The first-order chi connectivity index (χ1) is 25.4. The molecule has 0 amide bonds. The zero-order chi connectivity index (χ0) is 35.3. The molecule has 0 saturated heterocycles. The number of hydrogen-bond acceptors (Lipinski definition) is 4. The minimum absolute atomic E-state index is 0.376. The second-order valence-electron chi connectivity index (χ2n) is 13.1. The van der Waals surface area contributed by atoms with E-state index in [1.165, 1.54) is 0 Å². The number of ketones is 2. The molecule has 2 aliphatic heterocycles. The molecule has 0 atom stereocenters. The fourth-order valence-electron chi connectivity index (χ4n) is 7.34. The second kappa shape index (κ2) is 12.4. The summed E-state index contributed by atoms with van der Waals surface area (Å²) in [6.45, 7) is 3.40. The van der Waals surface area contributed by atoms with Crippen molar-refractivity contribution in [3.8, 4) is 33.4 Å². The van der Waals surface area contributed by atoms with Crippen LogP contribution in [0, 0.1) is 0 Å². The summed E-state index contributed by atoms with van der Waals surface area (Å²) in [5.41, 5.74) is 14.7. The maximum atomic E-state index is 13.3. The topological polar surface area (TPSA) is 91.5 Å². The molecule has 5 heterocycles. The van der Waals surface area contributed by atoms with Crippen molar-refractivity contribution in [2.45, 2.75) is 13.8 Å². The third-order valence-electron chi connectivity index (χ3n) is 9.88. The van der Waals surface area contributed by atoms with Gasteiger partial charge < -0.3 is 9.97 Å². The van der Waals surface area contributed by atoms with Gasteiger partial charge in [-0.05, 0) is 90.8 Å². The van der Waals surface area contributed by atoms with E-state index in [4.69, 9.17) is 9.97 Å². The monoisotopic (exact) mass is 672 g/mol. The van der Waals surface area contributed by atoms with Gasteiger partial charge in [-0.25, -0.2) is 9.97 Å². The van der Waals surface area contributed by atoms with E-state index in [-0.39, 0.29) is 0 Å². The van der Waals surface area contributed by atoms with Crippen LogP contribution in [0.2, 0.25) is 0 Å². The number of hydrogen-bond donors (Lipinski definition) is 2. The van der Waals surface area contributed by atoms with Crippen molar-refractivity contribution >= 4 is 63.5 Å². The van der Waals surface area contributed by atoms with Crippen molar-refractivity contribution in [2.75, 3.05) is 0 Å². The van der Waals surface area contributed by atoms with Crippen molar-refractivity contribution < 1.29 is 9.59 Å². The Hall–Kier alpha value is -6.92. The highest BCUT2D eigenvalue weighted by molar-refractivity contribution is 6.51. The smallest absolute Gasteiger partial charge is 0.229 e. The zero-order valence-electron chi connectivity index (χ0n) is 28.6. The molecule has 3 aromatic carbocycles. The molecule has 0 radical (unpaired) electrons. The molecule has 0 spiro atoms. The maximum absolute atomic E-state index is 13.3. The standard InChI is InChI=1S/C46H32N4O2/c1-27-26-32(28(2)46(52)45(27)51)44-39-24-22-37(49-39)42(30-14-8-4-9-15-30)35-20-18-33(47-35)41(29-12-6-3-7-13-29)34-19-21-36(48-34)43(31-16-10-5-11-17-31)38-23-25-40(44)50-38/h3-26,47-48H,1-2H3. The summed E-state index contributed by atoms with van der Waals surface area (Å²) in [4.78, 5) is 44.1. The predicted octanol–water partition coefficient (Wildman–Crippen LogP) is 10.5. The van der Waals surface area contributed by atoms with Gasteiger partial charge in [0, 0.05) is 55.5 Å². The van der Waals surface area contributed by atoms with Crippen molar-refractivity contribution in [1.82, 2.24) is 19.9 Å². The third kappa shape index (κ3) is 5.20. The van der Waals surface area contributed by atoms with Crippen molar-refractivity contribution in [1.29, 1.82) is 0 Å². The lowest BCUT2D eigenvalue weighted by Gasteiger charge is -2.15. The molecule has 0 unspecified atom stereocenters. The normalized spacial score (nSPS) is 13.9. The van der Waals surface area contributed by atoms with Gasteiger partial charge in [0.05, 0.1) is 22.8 Å². The lowest BCUT2D eigenvalue weighted by atomic mass is 9.87. The van der Waals surface area contributed by atoms with E-state index in [0.717, 1.165) is 66.8 Å². The largest absolute Gasteiger partial charge is 0.354 e. The molecule has 2 N–H and O–H groups in total.